The number of aliphatic hydroxyl groups is 1. The molecule has 1 aromatic carbocycles. The zero-order valence-corrected chi connectivity index (χ0v) is 16.4. The number of likely N-dealkylation sites (tertiary alicyclic amines) is 1. The van der Waals surface area contributed by atoms with Crippen LogP contribution in [0.15, 0.2) is 29.3 Å². The van der Waals surface area contributed by atoms with Gasteiger partial charge < -0.3 is 20.5 Å². The van der Waals surface area contributed by atoms with Crippen molar-refractivity contribution < 1.29 is 9.84 Å². The highest BCUT2D eigenvalue weighted by Gasteiger charge is 2.42. The van der Waals surface area contributed by atoms with Crippen molar-refractivity contribution in [3.8, 4) is 0 Å². The highest BCUT2D eigenvalue weighted by atomic mass is 35.5. The van der Waals surface area contributed by atoms with Crippen LogP contribution >= 0.6 is 24.8 Å². The molecule has 0 bridgehead atoms. The number of hydrogen-bond donors (Lipinski definition) is 3. The van der Waals surface area contributed by atoms with Gasteiger partial charge in [0, 0.05) is 13.2 Å². The number of amidine groups is 1. The summed E-state index contributed by atoms with van der Waals surface area (Å²) in [7, 11) is 0. The number of fused-ring (bicyclic) bond motifs is 1. The van der Waals surface area contributed by atoms with Gasteiger partial charge in [-0.15, -0.1) is 24.8 Å². The Kier molecular flexibility index (Phi) is 9.00. The fourth-order valence-corrected chi connectivity index (χ4v) is 3.38. The molecular formula is C18H28Cl2N4O2. The SMILES string of the molecule is Cl.Cl.N=C(N)C1(OCCCN2CCCCC2)C=c2ccccc2=NC1O. The van der Waals surface area contributed by atoms with Crippen molar-refractivity contribution in [2.75, 3.05) is 26.2 Å². The zero-order chi connectivity index (χ0) is 17.0. The Hall–Kier alpha value is -1.18. The lowest BCUT2D eigenvalue weighted by molar-refractivity contribution is -0.0415. The van der Waals surface area contributed by atoms with Crippen molar-refractivity contribution in [2.24, 2.45) is 10.7 Å². The van der Waals surface area contributed by atoms with Crippen LogP contribution in [0.2, 0.25) is 0 Å². The summed E-state index contributed by atoms with van der Waals surface area (Å²) in [6, 6.07) is 7.47. The number of hydrogen-bond acceptors (Lipinski definition) is 5. The molecule has 0 radical (unpaired) electrons. The molecule has 1 aromatic rings. The van der Waals surface area contributed by atoms with Crippen LogP contribution in [0, 0.1) is 5.41 Å². The number of piperidine rings is 1. The van der Waals surface area contributed by atoms with Crippen LogP contribution in [0.5, 0.6) is 0 Å². The van der Waals surface area contributed by atoms with Gasteiger partial charge in [-0.25, -0.2) is 4.99 Å². The molecule has 3 rings (SSSR count). The molecule has 0 amide bonds. The van der Waals surface area contributed by atoms with Crippen LogP contribution in [0.3, 0.4) is 0 Å². The monoisotopic (exact) mass is 402 g/mol. The van der Waals surface area contributed by atoms with Gasteiger partial charge >= 0.3 is 0 Å². The third-order valence-corrected chi connectivity index (χ3v) is 4.78. The second-order valence-electron chi connectivity index (χ2n) is 6.52. The molecule has 2 aliphatic heterocycles. The van der Waals surface area contributed by atoms with E-state index in [-0.39, 0.29) is 30.6 Å². The first-order valence-corrected chi connectivity index (χ1v) is 8.66. The van der Waals surface area contributed by atoms with Gasteiger partial charge in [0.15, 0.2) is 11.8 Å². The third-order valence-electron chi connectivity index (χ3n) is 4.78. The number of nitrogens with one attached hydrogen (secondary N) is 1. The van der Waals surface area contributed by atoms with Gasteiger partial charge in [-0.1, -0.05) is 24.6 Å². The van der Waals surface area contributed by atoms with Gasteiger partial charge in [-0.3, -0.25) is 5.41 Å². The Morgan fingerprint density at radius 2 is 1.96 bits per heavy atom. The number of halogens is 2. The van der Waals surface area contributed by atoms with Crippen molar-refractivity contribution in [3.63, 3.8) is 0 Å². The fourth-order valence-electron chi connectivity index (χ4n) is 3.38. The number of rotatable bonds is 6. The highest BCUT2D eigenvalue weighted by molar-refractivity contribution is 5.93. The largest absolute Gasteiger partial charge is 0.385 e. The predicted molar refractivity (Wildman–Crippen MR) is 108 cm³/mol. The molecule has 4 N–H and O–H groups in total. The number of para-hydroxylation sites is 1. The second kappa shape index (κ2) is 10.2. The lowest BCUT2D eigenvalue weighted by Gasteiger charge is -2.34. The summed E-state index contributed by atoms with van der Waals surface area (Å²) in [6.07, 6.45) is 5.23. The molecular weight excluding hydrogens is 375 g/mol. The van der Waals surface area contributed by atoms with Crippen molar-refractivity contribution in [1.29, 1.82) is 5.41 Å². The van der Waals surface area contributed by atoms with Crippen molar-refractivity contribution >= 4 is 36.7 Å². The molecule has 0 aromatic heterocycles. The average molecular weight is 403 g/mol. The smallest absolute Gasteiger partial charge is 0.189 e. The number of ether oxygens (including phenoxy) is 1. The van der Waals surface area contributed by atoms with Gasteiger partial charge in [0.25, 0.3) is 0 Å². The Bertz CT molecular complexity index is 709. The Labute approximate surface area is 166 Å². The summed E-state index contributed by atoms with van der Waals surface area (Å²) in [5, 5.41) is 19.9. The Morgan fingerprint density at radius 1 is 1.27 bits per heavy atom. The minimum atomic E-state index is -1.36. The molecule has 26 heavy (non-hydrogen) atoms. The van der Waals surface area contributed by atoms with Gasteiger partial charge in [0.1, 0.15) is 5.84 Å². The standard InChI is InChI=1S/C18H26N4O2.2ClH/c19-16(20)18(24-12-6-11-22-9-4-1-5-10-22)13-14-7-2-3-8-15(14)21-17(18)23;;/h2-3,7-8,13,17,23H,1,4-6,9-12H2,(H3,19,20);2*1H. The normalized spacial score (nSPS) is 24.9. The van der Waals surface area contributed by atoms with Gasteiger partial charge in [0.2, 0.25) is 0 Å². The van der Waals surface area contributed by atoms with E-state index in [0.717, 1.165) is 31.3 Å². The molecule has 1 saturated heterocycles. The molecule has 8 heteroatoms. The molecule has 0 aliphatic carbocycles. The first-order chi connectivity index (χ1) is 11.6. The Balaban J connectivity index is 0.00000169. The second-order valence-corrected chi connectivity index (χ2v) is 6.52. The first-order valence-electron chi connectivity index (χ1n) is 8.66. The van der Waals surface area contributed by atoms with E-state index in [9.17, 15) is 5.11 Å². The van der Waals surface area contributed by atoms with E-state index in [1.54, 1.807) is 6.08 Å². The van der Waals surface area contributed by atoms with E-state index in [1.807, 2.05) is 24.3 Å². The third kappa shape index (κ3) is 4.96. The van der Waals surface area contributed by atoms with Gasteiger partial charge in [-0.05, 0) is 49.7 Å². The maximum absolute atomic E-state index is 10.4. The lowest BCUT2D eigenvalue weighted by Crippen LogP contribution is -2.57. The van der Waals surface area contributed by atoms with E-state index < -0.39 is 11.8 Å². The van der Waals surface area contributed by atoms with E-state index in [4.69, 9.17) is 15.9 Å². The summed E-state index contributed by atoms with van der Waals surface area (Å²) >= 11 is 0. The number of nitrogens with two attached hydrogens (primary N) is 1. The van der Waals surface area contributed by atoms with Crippen LogP contribution in [0.25, 0.3) is 6.08 Å². The van der Waals surface area contributed by atoms with Crippen LogP contribution < -0.4 is 16.3 Å². The van der Waals surface area contributed by atoms with Crippen LogP contribution in [-0.2, 0) is 4.74 Å². The molecule has 0 spiro atoms. The molecule has 1 fully saturated rings. The quantitative estimate of drug-likeness (QED) is 0.373. The van der Waals surface area contributed by atoms with Crippen LogP contribution in [0.1, 0.15) is 25.7 Å². The number of aliphatic hydroxyl groups excluding tert-OH is 1. The molecule has 6 nitrogen and oxygen atoms in total. The summed E-state index contributed by atoms with van der Waals surface area (Å²) in [5.41, 5.74) is 4.41. The first kappa shape index (κ1) is 22.9. The predicted octanol–water partition coefficient (Wildman–Crippen LogP) is 0.830. The molecule has 0 saturated carbocycles. The zero-order valence-electron chi connectivity index (χ0n) is 14.8. The fraction of sp³-hybridized carbons (Fsp3) is 0.556. The topological polar surface area (TPSA) is 94.9 Å². The molecule has 2 atom stereocenters. The van der Waals surface area contributed by atoms with Crippen molar-refractivity contribution in [3.05, 3.63) is 34.8 Å². The molecule has 2 aliphatic rings. The average Bonchev–Trinajstić information content (AvgIpc) is 2.59. The minimum absolute atomic E-state index is 0. The number of benzene rings is 1. The van der Waals surface area contributed by atoms with Crippen molar-refractivity contribution in [1.82, 2.24) is 4.90 Å². The maximum atomic E-state index is 10.4. The van der Waals surface area contributed by atoms with Crippen molar-refractivity contribution in [2.45, 2.75) is 37.5 Å². The summed E-state index contributed by atoms with van der Waals surface area (Å²) in [5.74, 6) is -0.216. The molecule has 146 valence electrons. The molecule has 2 heterocycles. The summed E-state index contributed by atoms with van der Waals surface area (Å²) in [4.78, 5) is 6.70. The van der Waals surface area contributed by atoms with Gasteiger partial charge in [-0.2, -0.15) is 0 Å². The maximum Gasteiger partial charge on any atom is 0.189 e. The number of nitrogens with zero attached hydrogens (tertiary/aromatic N) is 2. The van der Waals surface area contributed by atoms with Crippen LogP contribution in [0.4, 0.5) is 0 Å². The lowest BCUT2D eigenvalue weighted by atomic mass is 9.96. The minimum Gasteiger partial charge on any atom is -0.385 e. The van der Waals surface area contributed by atoms with E-state index in [1.165, 1.54) is 19.3 Å². The summed E-state index contributed by atoms with van der Waals surface area (Å²) in [6.45, 7) is 3.70. The van der Waals surface area contributed by atoms with E-state index in [0.29, 0.717) is 12.0 Å². The summed E-state index contributed by atoms with van der Waals surface area (Å²) < 4.78 is 5.92. The van der Waals surface area contributed by atoms with Gasteiger partial charge in [0.05, 0.1) is 5.36 Å². The molecule has 2 unspecified atom stereocenters. The van der Waals surface area contributed by atoms with E-state index >= 15 is 0 Å². The Morgan fingerprint density at radius 3 is 2.65 bits per heavy atom. The van der Waals surface area contributed by atoms with E-state index in [2.05, 4.69) is 9.89 Å². The van der Waals surface area contributed by atoms with Crippen LogP contribution in [-0.4, -0.2) is 53.9 Å². The highest BCUT2D eigenvalue weighted by Crippen LogP contribution is 2.21.